The lowest BCUT2D eigenvalue weighted by Gasteiger charge is -2.36. The minimum absolute atomic E-state index is 0.0199. The Morgan fingerprint density at radius 1 is 1.00 bits per heavy atom. The standard InChI is InChI=1S/C34H43F3N8O3S/c1-22-12-17-44(21-28(22)42-41-23(2)34(35,36)37)32(46)24-7-9-25(10-8-24)39-33-38-16-11-31(40-33)45-20-15-27-29(5-4-6-30(27)45)43-18-13-26(14-19-43)49(3,47)48/h4-6,11,15-16,20,22,24-26H,7-10,12-14,17-19,21H2,1-3H3,(H,38,39,40). The number of carbonyl (C=O) groups excluding carboxylic acids is 1. The maximum Gasteiger partial charge on any atom is 0.431 e. The largest absolute Gasteiger partial charge is 0.431 e. The maximum atomic E-state index is 13.4. The smallest absolute Gasteiger partial charge is 0.371 e. The molecule has 1 aliphatic carbocycles. The van der Waals surface area contributed by atoms with Crippen molar-refractivity contribution in [3.63, 3.8) is 0 Å². The molecule has 1 saturated carbocycles. The number of hydrogen-bond donors (Lipinski definition) is 1. The van der Waals surface area contributed by atoms with Crippen LogP contribution in [0.15, 0.2) is 52.9 Å². The quantitative estimate of drug-likeness (QED) is 0.250. The van der Waals surface area contributed by atoms with E-state index in [9.17, 15) is 26.4 Å². The summed E-state index contributed by atoms with van der Waals surface area (Å²) in [6, 6.07) is 10.2. The predicted octanol–water partition coefficient (Wildman–Crippen LogP) is 5.65. The van der Waals surface area contributed by atoms with Gasteiger partial charge in [0.1, 0.15) is 21.4 Å². The number of amides is 1. The third kappa shape index (κ3) is 7.92. The molecule has 264 valence electrons. The van der Waals surface area contributed by atoms with Crippen molar-refractivity contribution in [3.8, 4) is 5.82 Å². The number of halogens is 3. The average Bonchev–Trinajstić information content (AvgIpc) is 3.52. The Labute approximate surface area is 284 Å². The number of anilines is 2. The highest BCUT2D eigenvalue weighted by atomic mass is 32.2. The lowest BCUT2D eigenvalue weighted by atomic mass is 9.84. The summed E-state index contributed by atoms with van der Waals surface area (Å²) in [5.74, 6) is 1.05. The van der Waals surface area contributed by atoms with E-state index < -0.39 is 21.7 Å². The van der Waals surface area contributed by atoms with Gasteiger partial charge in [0.15, 0.2) is 0 Å². The number of rotatable bonds is 7. The fourth-order valence-electron chi connectivity index (χ4n) is 7.09. The summed E-state index contributed by atoms with van der Waals surface area (Å²) in [5.41, 5.74) is 1.56. The number of hydrogen-bond acceptors (Lipinski definition) is 9. The molecule has 0 bridgehead atoms. The molecule has 2 saturated heterocycles. The van der Waals surface area contributed by atoms with Gasteiger partial charge in [-0.25, -0.2) is 13.4 Å². The van der Waals surface area contributed by atoms with Crippen molar-refractivity contribution in [2.75, 3.05) is 42.7 Å². The van der Waals surface area contributed by atoms with Crippen molar-refractivity contribution in [1.82, 2.24) is 19.4 Å². The number of alkyl halides is 3. The molecule has 3 fully saturated rings. The van der Waals surface area contributed by atoms with Crippen LogP contribution in [0.1, 0.15) is 58.8 Å². The summed E-state index contributed by atoms with van der Waals surface area (Å²) in [7, 11) is -3.05. The van der Waals surface area contributed by atoms with Crippen LogP contribution in [-0.2, 0) is 14.6 Å². The molecule has 1 atom stereocenters. The van der Waals surface area contributed by atoms with Crippen LogP contribution < -0.4 is 10.2 Å². The molecule has 0 spiro atoms. The van der Waals surface area contributed by atoms with Gasteiger partial charge >= 0.3 is 6.18 Å². The number of benzene rings is 1. The highest BCUT2D eigenvalue weighted by molar-refractivity contribution is 7.91. The van der Waals surface area contributed by atoms with Crippen molar-refractivity contribution in [3.05, 3.63) is 42.7 Å². The number of sulfone groups is 1. The van der Waals surface area contributed by atoms with E-state index in [-0.39, 0.29) is 35.6 Å². The van der Waals surface area contributed by atoms with Crippen molar-refractivity contribution in [1.29, 1.82) is 0 Å². The molecule has 1 unspecified atom stereocenters. The second kappa shape index (κ2) is 14.1. The van der Waals surface area contributed by atoms with E-state index >= 15 is 0 Å². The highest BCUT2D eigenvalue weighted by Crippen LogP contribution is 2.33. The van der Waals surface area contributed by atoms with Crippen LogP contribution in [0, 0.1) is 11.8 Å². The van der Waals surface area contributed by atoms with Crippen molar-refractivity contribution >= 4 is 49.7 Å². The van der Waals surface area contributed by atoms with Crippen LogP contribution in [0.25, 0.3) is 16.7 Å². The monoisotopic (exact) mass is 700 g/mol. The average molecular weight is 701 g/mol. The fourth-order valence-corrected chi connectivity index (χ4v) is 8.16. The van der Waals surface area contributed by atoms with Gasteiger partial charge in [0, 0.05) is 61.3 Å². The summed E-state index contributed by atoms with van der Waals surface area (Å²) in [6.07, 6.45) is 5.27. The van der Waals surface area contributed by atoms with Gasteiger partial charge in [0.05, 0.1) is 23.0 Å². The van der Waals surface area contributed by atoms with E-state index in [4.69, 9.17) is 4.98 Å². The summed E-state index contributed by atoms with van der Waals surface area (Å²) < 4.78 is 64.7. The van der Waals surface area contributed by atoms with Crippen LogP contribution in [0.2, 0.25) is 0 Å². The minimum atomic E-state index is -4.53. The SMILES string of the molecule is CC(=NN=C1CN(C(=O)C2CCC(Nc3nccc(-n4ccc5c(N6CCC(S(C)(=O)=O)CC6)cccc54)n3)CC2)CCC1C)C(F)(F)F. The van der Waals surface area contributed by atoms with Gasteiger partial charge in [-0.05, 0) is 82.1 Å². The van der Waals surface area contributed by atoms with E-state index in [1.165, 1.54) is 6.26 Å². The predicted molar refractivity (Wildman–Crippen MR) is 185 cm³/mol. The Balaban J connectivity index is 1.07. The minimum Gasteiger partial charge on any atom is -0.371 e. The van der Waals surface area contributed by atoms with Gasteiger partial charge in [-0.3, -0.25) is 4.79 Å². The second-order valence-electron chi connectivity index (χ2n) is 13.6. The van der Waals surface area contributed by atoms with E-state index in [0.717, 1.165) is 42.2 Å². The van der Waals surface area contributed by atoms with Crippen LogP contribution in [-0.4, -0.2) is 95.1 Å². The molecular formula is C34H43F3N8O3S. The zero-order chi connectivity index (χ0) is 34.9. The molecule has 2 aromatic heterocycles. The van der Waals surface area contributed by atoms with E-state index in [2.05, 4.69) is 37.5 Å². The van der Waals surface area contributed by atoms with E-state index in [0.29, 0.717) is 63.4 Å². The van der Waals surface area contributed by atoms with Gasteiger partial charge in [0.2, 0.25) is 11.9 Å². The summed E-state index contributed by atoms with van der Waals surface area (Å²) in [4.78, 5) is 26.7. The number of likely N-dealkylation sites (tertiary alicyclic amines) is 1. The highest BCUT2D eigenvalue weighted by Gasteiger charge is 2.35. The van der Waals surface area contributed by atoms with Crippen LogP contribution in [0.3, 0.4) is 0 Å². The van der Waals surface area contributed by atoms with Crippen molar-refractivity contribution in [2.24, 2.45) is 22.0 Å². The molecule has 1 amide bonds. The lowest BCUT2D eigenvalue weighted by Crippen LogP contribution is -2.47. The van der Waals surface area contributed by atoms with Crippen LogP contribution in [0.5, 0.6) is 0 Å². The van der Waals surface area contributed by atoms with Gasteiger partial charge in [0.25, 0.3) is 0 Å². The molecule has 11 nitrogen and oxygen atoms in total. The zero-order valence-electron chi connectivity index (χ0n) is 28.0. The Bertz CT molecular complexity index is 1840. The van der Waals surface area contributed by atoms with E-state index in [1.54, 1.807) is 11.1 Å². The maximum absolute atomic E-state index is 13.4. The molecule has 1 aromatic carbocycles. The second-order valence-corrected chi connectivity index (χ2v) is 15.9. The van der Waals surface area contributed by atoms with Crippen molar-refractivity contribution in [2.45, 2.75) is 76.3 Å². The first kappa shape index (κ1) is 34.8. The fraction of sp³-hybridized carbons (Fsp3) is 0.559. The summed E-state index contributed by atoms with van der Waals surface area (Å²) >= 11 is 0. The van der Waals surface area contributed by atoms with Gasteiger partial charge in [-0.1, -0.05) is 13.0 Å². The molecule has 4 heterocycles. The number of nitrogens with zero attached hydrogens (tertiary/aromatic N) is 7. The summed E-state index contributed by atoms with van der Waals surface area (Å²) in [6.45, 7) is 4.91. The lowest BCUT2D eigenvalue weighted by molar-refractivity contribution is -0.136. The first-order valence-corrected chi connectivity index (χ1v) is 18.8. The number of fused-ring (bicyclic) bond motifs is 1. The molecule has 6 rings (SSSR count). The molecule has 3 aliphatic rings. The Morgan fingerprint density at radius 2 is 1.73 bits per heavy atom. The molecule has 3 aromatic rings. The molecular weight excluding hydrogens is 657 g/mol. The van der Waals surface area contributed by atoms with Crippen LogP contribution in [0.4, 0.5) is 24.8 Å². The third-order valence-electron chi connectivity index (χ3n) is 10.2. The molecule has 0 radical (unpaired) electrons. The Kier molecular flexibility index (Phi) is 10.0. The topological polar surface area (TPSA) is 125 Å². The Morgan fingerprint density at radius 3 is 2.43 bits per heavy atom. The normalized spacial score (nSPS) is 24.1. The number of piperidine rings is 2. The molecule has 15 heteroatoms. The first-order chi connectivity index (χ1) is 23.3. The molecule has 1 N–H and O–H groups in total. The molecule has 2 aliphatic heterocycles. The number of nitrogens with one attached hydrogen (secondary N) is 1. The molecule has 49 heavy (non-hydrogen) atoms. The number of aromatic nitrogens is 3. The zero-order valence-corrected chi connectivity index (χ0v) is 28.8. The van der Waals surface area contributed by atoms with Crippen LogP contribution >= 0.6 is 0 Å². The third-order valence-corrected chi connectivity index (χ3v) is 11.9. The summed E-state index contributed by atoms with van der Waals surface area (Å²) in [5, 5.41) is 11.5. The Hall–Kier alpha value is -4.01. The van der Waals surface area contributed by atoms with Crippen molar-refractivity contribution < 1.29 is 26.4 Å². The van der Waals surface area contributed by atoms with E-state index in [1.807, 2.05) is 35.9 Å². The van der Waals surface area contributed by atoms with Gasteiger partial charge < -0.3 is 19.7 Å². The van der Waals surface area contributed by atoms with Gasteiger partial charge in [-0.15, -0.1) is 0 Å². The first-order valence-electron chi connectivity index (χ1n) is 16.9. The number of carbonyl (C=O) groups is 1. The van der Waals surface area contributed by atoms with Gasteiger partial charge in [-0.2, -0.15) is 28.4 Å².